The number of nitrogens with zero attached hydrogens (tertiary/aromatic N) is 2. The molecule has 0 aliphatic carbocycles. The maximum absolute atomic E-state index is 11.7. The van der Waals surface area contributed by atoms with Gasteiger partial charge in [-0.3, -0.25) is 4.79 Å². The van der Waals surface area contributed by atoms with E-state index in [0.717, 1.165) is 16.9 Å². The van der Waals surface area contributed by atoms with Gasteiger partial charge in [0.25, 0.3) is 0 Å². The molecule has 0 aliphatic rings. The second-order valence-electron chi connectivity index (χ2n) is 8.05. The molecule has 2 aromatic rings. The Morgan fingerprint density at radius 3 is 2.37 bits per heavy atom. The molecule has 6 heteroatoms. The number of para-hydroxylation sites is 1. The van der Waals surface area contributed by atoms with Crippen molar-refractivity contribution in [1.82, 2.24) is 15.1 Å². The highest BCUT2D eigenvalue weighted by Gasteiger charge is 2.34. The minimum absolute atomic E-state index is 0.136. The summed E-state index contributed by atoms with van der Waals surface area (Å²) in [7, 11) is 0. The Bertz CT molecular complexity index is 789. The fourth-order valence-corrected chi connectivity index (χ4v) is 3.47. The zero-order valence-electron chi connectivity index (χ0n) is 16.8. The van der Waals surface area contributed by atoms with E-state index in [1.165, 1.54) is 0 Å². The molecule has 2 rings (SSSR count). The Morgan fingerprint density at radius 1 is 1.22 bits per heavy atom. The maximum Gasteiger partial charge on any atom is 0.310 e. The molecule has 5 nitrogen and oxygen atoms in total. The zero-order valence-corrected chi connectivity index (χ0v) is 17.6. The first-order valence-electron chi connectivity index (χ1n) is 9.42. The molecule has 0 spiro atoms. The largest absolute Gasteiger partial charge is 0.481 e. The average molecular weight is 392 g/mol. The summed E-state index contributed by atoms with van der Waals surface area (Å²) in [6.07, 6.45) is 3.17. The van der Waals surface area contributed by atoms with Crippen LogP contribution in [-0.4, -0.2) is 27.4 Å². The normalized spacial score (nSPS) is 12.4. The van der Waals surface area contributed by atoms with E-state index in [4.69, 9.17) is 16.7 Å². The summed E-state index contributed by atoms with van der Waals surface area (Å²) >= 11 is 6.33. The van der Waals surface area contributed by atoms with Crippen LogP contribution >= 0.6 is 11.6 Å². The van der Waals surface area contributed by atoms with Gasteiger partial charge in [-0.15, -0.1) is 0 Å². The molecule has 0 unspecified atom stereocenters. The minimum Gasteiger partial charge on any atom is -0.481 e. The van der Waals surface area contributed by atoms with E-state index in [0.29, 0.717) is 31.0 Å². The molecule has 27 heavy (non-hydrogen) atoms. The molecular weight excluding hydrogens is 362 g/mol. The molecule has 1 aromatic heterocycles. The quantitative estimate of drug-likeness (QED) is 0.678. The van der Waals surface area contributed by atoms with Crippen molar-refractivity contribution in [1.29, 1.82) is 0 Å². The summed E-state index contributed by atoms with van der Waals surface area (Å²) in [5, 5.41) is 18.4. The number of carboxylic acid groups (broad SMARTS) is 1. The Labute approximate surface area is 166 Å². The summed E-state index contributed by atoms with van der Waals surface area (Å²) in [5.41, 5.74) is 1.99. The van der Waals surface area contributed by atoms with Crippen LogP contribution < -0.4 is 5.32 Å². The molecule has 148 valence electrons. The summed E-state index contributed by atoms with van der Waals surface area (Å²) in [5.74, 6) is -0.747. The molecule has 1 aromatic carbocycles. The van der Waals surface area contributed by atoms with Crippen molar-refractivity contribution < 1.29 is 9.90 Å². The second-order valence-corrected chi connectivity index (χ2v) is 8.45. The molecule has 0 amide bonds. The number of hydrogen-bond donors (Lipinski definition) is 2. The van der Waals surface area contributed by atoms with Crippen LogP contribution in [0.2, 0.25) is 5.02 Å². The number of benzene rings is 1. The number of aromatic nitrogens is 2. The van der Waals surface area contributed by atoms with Crippen LogP contribution in [-0.2, 0) is 16.8 Å². The van der Waals surface area contributed by atoms with E-state index in [9.17, 15) is 9.90 Å². The minimum atomic E-state index is -0.747. The number of rotatable bonds is 8. The van der Waals surface area contributed by atoms with Gasteiger partial charge in [0.1, 0.15) is 0 Å². The van der Waals surface area contributed by atoms with Gasteiger partial charge in [0, 0.05) is 30.3 Å². The fraction of sp³-hybridized carbons (Fsp3) is 0.524. The van der Waals surface area contributed by atoms with Crippen molar-refractivity contribution in [3.63, 3.8) is 0 Å². The van der Waals surface area contributed by atoms with Crippen molar-refractivity contribution in [2.45, 2.75) is 59.4 Å². The van der Waals surface area contributed by atoms with Crippen LogP contribution in [0.3, 0.4) is 0 Å². The van der Waals surface area contributed by atoms with Gasteiger partial charge >= 0.3 is 5.97 Å². The fourth-order valence-electron chi connectivity index (χ4n) is 3.25. The van der Waals surface area contributed by atoms with Crippen LogP contribution in [0.1, 0.15) is 58.7 Å². The van der Waals surface area contributed by atoms with E-state index in [2.05, 4.69) is 26.1 Å². The molecule has 2 N–H and O–H groups in total. The van der Waals surface area contributed by atoms with Gasteiger partial charge in [-0.2, -0.15) is 5.10 Å². The molecule has 0 fully saturated rings. The number of aliphatic carboxylic acids is 1. The summed E-state index contributed by atoms with van der Waals surface area (Å²) in [4.78, 5) is 11.7. The standard InChI is InChI=1S/C21H30ClN3O2/c1-6-21(7-2,19(26)27)14-23-12-15-13-25(24-18(15)20(3,4)5)17-11-9-8-10-16(17)22/h8-11,13,23H,6-7,12,14H2,1-5H3,(H,26,27). The van der Waals surface area contributed by atoms with Crippen LogP contribution in [0.5, 0.6) is 0 Å². The predicted molar refractivity (Wildman–Crippen MR) is 110 cm³/mol. The smallest absolute Gasteiger partial charge is 0.310 e. The van der Waals surface area contributed by atoms with Crippen molar-refractivity contribution in [2.24, 2.45) is 5.41 Å². The molecule has 0 atom stereocenters. The molecule has 0 saturated heterocycles. The van der Waals surface area contributed by atoms with Gasteiger partial charge in [0.2, 0.25) is 0 Å². The Hall–Kier alpha value is -1.85. The van der Waals surface area contributed by atoms with E-state index in [-0.39, 0.29) is 5.41 Å². The summed E-state index contributed by atoms with van der Waals surface area (Å²) in [6, 6.07) is 7.60. The number of carboxylic acids is 1. The van der Waals surface area contributed by atoms with Gasteiger partial charge in [0.05, 0.1) is 21.8 Å². The first-order chi connectivity index (χ1) is 12.6. The van der Waals surface area contributed by atoms with Crippen LogP contribution in [0, 0.1) is 5.41 Å². The lowest BCUT2D eigenvalue weighted by atomic mass is 9.82. The topological polar surface area (TPSA) is 67.2 Å². The Morgan fingerprint density at radius 2 is 1.85 bits per heavy atom. The van der Waals surface area contributed by atoms with Gasteiger partial charge in [-0.25, -0.2) is 4.68 Å². The highest BCUT2D eigenvalue weighted by Crippen LogP contribution is 2.29. The lowest BCUT2D eigenvalue weighted by Gasteiger charge is -2.27. The number of carbonyl (C=O) groups is 1. The Balaban J connectivity index is 2.28. The van der Waals surface area contributed by atoms with Gasteiger partial charge in [-0.1, -0.05) is 58.4 Å². The van der Waals surface area contributed by atoms with Gasteiger partial charge in [-0.05, 0) is 25.0 Å². The highest BCUT2D eigenvalue weighted by atomic mass is 35.5. The van der Waals surface area contributed by atoms with Gasteiger partial charge < -0.3 is 10.4 Å². The third-order valence-electron chi connectivity index (χ3n) is 5.19. The lowest BCUT2D eigenvalue weighted by Crippen LogP contribution is -2.40. The SMILES string of the molecule is CCC(CC)(CNCc1cn(-c2ccccc2Cl)nc1C(C)(C)C)C(=O)O. The van der Waals surface area contributed by atoms with E-state index < -0.39 is 11.4 Å². The number of hydrogen-bond acceptors (Lipinski definition) is 3. The third kappa shape index (κ3) is 4.71. The first kappa shape index (κ1) is 21.5. The van der Waals surface area contributed by atoms with Crippen molar-refractivity contribution in [3.8, 4) is 5.69 Å². The summed E-state index contributed by atoms with van der Waals surface area (Å²) in [6.45, 7) is 11.2. The molecular formula is C21H30ClN3O2. The second kappa shape index (κ2) is 8.44. The predicted octanol–water partition coefficient (Wildman–Crippen LogP) is 4.80. The maximum atomic E-state index is 11.7. The molecule has 0 bridgehead atoms. The number of halogens is 1. The van der Waals surface area contributed by atoms with Crippen LogP contribution in [0.4, 0.5) is 0 Å². The van der Waals surface area contributed by atoms with Crippen LogP contribution in [0.15, 0.2) is 30.5 Å². The van der Waals surface area contributed by atoms with Crippen molar-refractivity contribution >= 4 is 17.6 Å². The van der Waals surface area contributed by atoms with E-state index in [1.807, 2.05) is 49.0 Å². The third-order valence-corrected chi connectivity index (χ3v) is 5.51. The molecule has 0 aliphatic heterocycles. The summed E-state index contributed by atoms with van der Waals surface area (Å²) < 4.78 is 1.81. The molecule has 0 saturated carbocycles. The average Bonchev–Trinajstić information content (AvgIpc) is 3.03. The molecule has 0 radical (unpaired) electrons. The van der Waals surface area contributed by atoms with Crippen molar-refractivity contribution in [2.75, 3.05) is 6.54 Å². The van der Waals surface area contributed by atoms with E-state index in [1.54, 1.807) is 0 Å². The highest BCUT2D eigenvalue weighted by molar-refractivity contribution is 6.32. The van der Waals surface area contributed by atoms with Crippen molar-refractivity contribution in [3.05, 3.63) is 46.7 Å². The van der Waals surface area contributed by atoms with Crippen LogP contribution in [0.25, 0.3) is 5.69 Å². The van der Waals surface area contributed by atoms with E-state index >= 15 is 0 Å². The van der Waals surface area contributed by atoms with Gasteiger partial charge in [0.15, 0.2) is 0 Å². The monoisotopic (exact) mass is 391 g/mol. The Kier molecular flexibility index (Phi) is 6.71. The first-order valence-corrected chi connectivity index (χ1v) is 9.80. The zero-order chi connectivity index (χ0) is 20.2. The number of nitrogens with one attached hydrogen (secondary N) is 1. The molecule has 1 heterocycles. The lowest BCUT2D eigenvalue weighted by molar-refractivity contribution is -0.149.